The summed E-state index contributed by atoms with van der Waals surface area (Å²) in [6.45, 7) is 2.77. The summed E-state index contributed by atoms with van der Waals surface area (Å²) in [5, 5.41) is 19.1. The van der Waals surface area contributed by atoms with Crippen LogP contribution in [-0.2, 0) is 11.2 Å². The molecule has 1 fully saturated rings. The number of aliphatic hydroxyl groups excluding tert-OH is 1. The van der Waals surface area contributed by atoms with Crippen LogP contribution in [0.15, 0.2) is 12.1 Å². The van der Waals surface area contributed by atoms with Crippen LogP contribution < -0.4 is 0 Å². The predicted molar refractivity (Wildman–Crippen MR) is 99.1 cm³/mol. The maximum atomic E-state index is 12.1. The Labute approximate surface area is 153 Å². The molecule has 5 nitrogen and oxygen atoms in total. The van der Waals surface area contributed by atoms with E-state index in [0.29, 0.717) is 24.3 Å². The Morgan fingerprint density at radius 3 is 2.84 bits per heavy atom. The number of hydrogen-bond donors (Lipinski definition) is 2. The molecule has 6 heteroatoms. The summed E-state index contributed by atoms with van der Waals surface area (Å²) in [7, 11) is 0. The number of carbonyl (C=O) groups excluding carboxylic acids is 1. The number of carboxylic acids is 1. The molecule has 140 valence electrons. The average Bonchev–Trinajstić information content (AvgIpc) is 3.18. The molecule has 2 rings (SSSR count). The number of carbonyl (C=O) groups is 2. The van der Waals surface area contributed by atoms with E-state index in [1.165, 1.54) is 11.3 Å². The molecule has 1 aliphatic heterocycles. The fourth-order valence-electron chi connectivity index (χ4n) is 3.40. The Morgan fingerprint density at radius 2 is 2.16 bits per heavy atom. The lowest BCUT2D eigenvalue weighted by Crippen LogP contribution is -2.35. The normalized spacial score (nSPS) is 18.7. The molecule has 1 amide bonds. The maximum Gasteiger partial charge on any atom is 0.345 e. The number of nitrogens with zero attached hydrogens (tertiary/aromatic N) is 1. The number of unbranched alkanes of at least 4 members (excludes halogenated alkanes) is 2. The molecule has 0 radical (unpaired) electrons. The molecule has 1 aromatic rings. The number of aliphatic hydroxyl groups is 1. The molecular weight excluding hydrogens is 338 g/mol. The zero-order valence-corrected chi connectivity index (χ0v) is 15.8. The van der Waals surface area contributed by atoms with Crippen molar-refractivity contribution in [3.8, 4) is 0 Å². The van der Waals surface area contributed by atoms with Gasteiger partial charge in [-0.1, -0.05) is 26.2 Å². The van der Waals surface area contributed by atoms with Gasteiger partial charge in [-0.25, -0.2) is 4.79 Å². The number of likely N-dealkylation sites (tertiary alicyclic amines) is 1. The fourth-order valence-corrected chi connectivity index (χ4v) is 4.26. The third-order valence-electron chi connectivity index (χ3n) is 4.89. The maximum absolute atomic E-state index is 12.1. The molecule has 1 aromatic heterocycles. The first-order valence-corrected chi connectivity index (χ1v) is 10.1. The van der Waals surface area contributed by atoms with Crippen LogP contribution in [0.25, 0.3) is 0 Å². The number of rotatable bonds is 11. The first-order valence-electron chi connectivity index (χ1n) is 9.30. The zero-order chi connectivity index (χ0) is 18.2. The second kappa shape index (κ2) is 9.92. The molecule has 0 spiro atoms. The van der Waals surface area contributed by atoms with Crippen molar-refractivity contribution >= 4 is 23.2 Å². The van der Waals surface area contributed by atoms with Gasteiger partial charge in [0.2, 0.25) is 5.91 Å². The summed E-state index contributed by atoms with van der Waals surface area (Å²) in [4.78, 5) is 26.4. The molecule has 1 saturated heterocycles. The summed E-state index contributed by atoms with van der Waals surface area (Å²) in [5.74, 6) is -0.700. The Kier molecular flexibility index (Phi) is 7.90. The highest BCUT2D eigenvalue weighted by Gasteiger charge is 2.30. The van der Waals surface area contributed by atoms with Gasteiger partial charge in [0.15, 0.2) is 0 Å². The van der Waals surface area contributed by atoms with Crippen LogP contribution in [0.3, 0.4) is 0 Å². The van der Waals surface area contributed by atoms with E-state index >= 15 is 0 Å². The summed E-state index contributed by atoms with van der Waals surface area (Å²) in [6.07, 6.45) is 7.57. The summed E-state index contributed by atoms with van der Waals surface area (Å²) in [6, 6.07) is 3.73. The molecular formula is C19H29NO4S. The molecule has 25 heavy (non-hydrogen) atoms. The number of aryl methyl sites for hydroxylation is 1. The lowest BCUT2D eigenvalue weighted by molar-refractivity contribution is -0.129. The van der Waals surface area contributed by atoms with Gasteiger partial charge >= 0.3 is 5.97 Å². The molecule has 2 heterocycles. The van der Waals surface area contributed by atoms with Gasteiger partial charge in [-0.2, -0.15) is 0 Å². The number of carboxylic acid groups (broad SMARTS) is 1. The van der Waals surface area contributed by atoms with Crippen molar-refractivity contribution in [2.24, 2.45) is 0 Å². The lowest BCUT2D eigenvalue weighted by atomic mass is 10.1. The predicted octanol–water partition coefficient (Wildman–Crippen LogP) is 3.70. The van der Waals surface area contributed by atoms with Gasteiger partial charge in [-0.3, -0.25) is 4.79 Å². The number of amides is 1. The monoisotopic (exact) mass is 367 g/mol. The van der Waals surface area contributed by atoms with Crippen LogP contribution >= 0.6 is 11.3 Å². The van der Waals surface area contributed by atoms with E-state index in [2.05, 4.69) is 6.92 Å². The van der Waals surface area contributed by atoms with Crippen molar-refractivity contribution in [2.45, 2.75) is 76.9 Å². The summed E-state index contributed by atoms with van der Waals surface area (Å²) >= 11 is 1.31. The second-order valence-corrected chi connectivity index (χ2v) is 8.00. The van der Waals surface area contributed by atoms with Crippen LogP contribution in [0.4, 0.5) is 0 Å². The van der Waals surface area contributed by atoms with Gasteiger partial charge in [0.25, 0.3) is 0 Å². The molecule has 0 aromatic carbocycles. The molecule has 0 aliphatic carbocycles. The van der Waals surface area contributed by atoms with E-state index in [4.69, 9.17) is 5.11 Å². The summed E-state index contributed by atoms with van der Waals surface area (Å²) < 4.78 is 0. The van der Waals surface area contributed by atoms with Crippen LogP contribution in [-0.4, -0.2) is 45.7 Å². The average molecular weight is 368 g/mol. The molecule has 2 N–H and O–H groups in total. The van der Waals surface area contributed by atoms with Gasteiger partial charge in [0.1, 0.15) is 4.88 Å². The van der Waals surface area contributed by atoms with Gasteiger partial charge in [0.05, 0.1) is 6.10 Å². The standard InChI is InChI=1S/C19H29NO4S/c1-2-3-4-5-15(21)12-13-20-14(7-11-18(20)22)6-8-16-9-10-17(25-16)19(23)24/h9-10,14-15,21H,2-8,11-13H2,1H3,(H,23,24)/t14?,15-/m1/s1. The Hall–Kier alpha value is -1.40. The van der Waals surface area contributed by atoms with Crippen LogP contribution in [0, 0.1) is 0 Å². The minimum Gasteiger partial charge on any atom is -0.477 e. The second-order valence-electron chi connectivity index (χ2n) is 6.83. The molecule has 1 aliphatic rings. The quantitative estimate of drug-likeness (QED) is 0.585. The summed E-state index contributed by atoms with van der Waals surface area (Å²) in [5.41, 5.74) is 0. The number of aromatic carboxylic acids is 1. The third-order valence-corrected chi connectivity index (χ3v) is 6.03. The fraction of sp³-hybridized carbons (Fsp3) is 0.684. The zero-order valence-electron chi connectivity index (χ0n) is 14.9. The Morgan fingerprint density at radius 1 is 1.36 bits per heavy atom. The third kappa shape index (κ3) is 6.12. The van der Waals surface area contributed by atoms with Crippen molar-refractivity contribution in [3.63, 3.8) is 0 Å². The van der Waals surface area contributed by atoms with Gasteiger partial charge < -0.3 is 15.1 Å². The minimum absolute atomic E-state index is 0.183. The van der Waals surface area contributed by atoms with Crippen LogP contribution in [0.2, 0.25) is 0 Å². The molecule has 0 bridgehead atoms. The smallest absolute Gasteiger partial charge is 0.345 e. The van der Waals surface area contributed by atoms with E-state index in [9.17, 15) is 14.7 Å². The van der Waals surface area contributed by atoms with Crippen molar-refractivity contribution in [1.29, 1.82) is 0 Å². The molecule has 2 atom stereocenters. The van der Waals surface area contributed by atoms with Crippen molar-refractivity contribution in [3.05, 3.63) is 21.9 Å². The first-order chi connectivity index (χ1) is 12.0. The highest BCUT2D eigenvalue weighted by Crippen LogP contribution is 2.26. The van der Waals surface area contributed by atoms with E-state index in [0.717, 1.165) is 49.8 Å². The Bertz CT molecular complexity index is 572. The number of hydrogen-bond acceptors (Lipinski definition) is 4. The largest absolute Gasteiger partial charge is 0.477 e. The Balaban J connectivity index is 1.78. The van der Waals surface area contributed by atoms with E-state index in [-0.39, 0.29) is 18.1 Å². The van der Waals surface area contributed by atoms with Gasteiger partial charge in [0, 0.05) is 23.9 Å². The number of thiophene rings is 1. The van der Waals surface area contributed by atoms with Crippen molar-refractivity contribution in [1.82, 2.24) is 4.90 Å². The SMILES string of the molecule is CCCCC[C@@H](O)CCN1C(=O)CCC1CCc1ccc(C(=O)O)s1. The highest BCUT2D eigenvalue weighted by atomic mass is 32.1. The molecule has 0 saturated carbocycles. The van der Waals surface area contributed by atoms with Crippen molar-refractivity contribution < 1.29 is 19.8 Å². The van der Waals surface area contributed by atoms with Crippen molar-refractivity contribution in [2.75, 3.05) is 6.54 Å². The minimum atomic E-state index is -0.883. The highest BCUT2D eigenvalue weighted by molar-refractivity contribution is 7.13. The van der Waals surface area contributed by atoms with Crippen LogP contribution in [0.1, 0.15) is 72.8 Å². The van der Waals surface area contributed by atoms with Gasteiger partial charge in [-0.15, -0.1) is 11.3 Å². The van der Waals surface area contributed by atoms with E-state index in [1.807, 2.05) is 11.0 Å². The first kappa shape index (κ1) is 19.9. The molecule has 1 unspecified atom stereocenters. The topological polar surface area (TPSA) is 77.8 Å². The van der Waals surface area contributed by atoms with Crippen LogP contribution in [0.5, 0.6) is 0 Å². The van der Waals surface area contributed by atoms with E-state index in [1.54, 1.807) is 6.07 Å². The van der Waals surface area contributed by atoms with Gasteiger partial charge in [-0.05, 0) is 44.2 Å². The van der Waals surface area contributed by atoms with E-state index < -0.39 is 5.97 Å². The lowest BCUT2D eigenvalue weighted by Gasteiger charge is -2.26.